The van der Waals surface area contributed by atoms with Crippen molar-refractivity contribution in [2.24, 2.45) is 11.1 Å². The van der Waals surface area contributed by atoms with Gasteiger partial charge in [-0.05, 0) is 23.8 Å². The summed E-state index contributed by atoms with van der Waals surface area (Å²) in [7, 11) is 0. The molecule has 0 unspecified atom stereocenters. The maximum absolute atomic E-state index is 15.0. The van der Waals surface area contributed by atoms with E-state index < -0.39 is 23.7 Å². The normalized spacial score (nSPS) is 17.7. The predicted octanol–water partition coefficient (Wildman–Crippen LogP) is 4.86. The highest BCUT2D eigenvalue weighted by molar-refractivity contribution is 5.75. The van der Waals surface area contributed by atoms with Crippen LogP contribution in [0.25, 0.3) is 11.3 Å². The fourth-order valence-corrected chi connectivity index (χ4v) is 5.19. The second-order valence-corrected chi connectivity index (χ2v) is 11.2. The lowest BCUT2D eigenvalue weighted by molar-refractivity contribution is 0.0398. The number of nitrogens with two attached hydrogens (primary N) is 1. The number of imidazole rings is 1. The third-order valence-electron chi connectivity index (χ3n) is 7.01. The molecule has 2 aromatic carbocycles. The summed E-state index contributed by atoms with van der Waals surface area (Å²) >= 11 is 0. The molecule has 3 atom stereocenters. The number of alkyl halides is 1. The fraction of sp³-hybridized carbons (Fsp3) is 0.467. The van der Waals surface area contributed by atoms with Gasteiger partial charge in [-0.2, -0.15) is 0 Å². The Morgan fingerprint density at radius 1 is 1.16 bits per heavy atom. The summed E-state index contributed by atoms with van der Waals surface area (Å²) in [6.45, 7) is 7.12. The van der Waals surface area contributed by atoms with Crippen LogP contribution in [0.2, 0.25) is 0 Å². The highest BCUT2D eigenvalue weighted by atomic mass is 19.1. The Kier molecular flexibility index (Phi) is 8.84. The van der Waals surface area contributed by atoms with Crippen LogP contribution in [-0.2, 0) is 6.54 Å². The molecule has 0 spiro atoms. The topological polar surface area (TPSA) is 87.6 Å². The molecule has 7 nitrogen and oxygen atoms in total. The summed E-state index contributed by atoms with van der Waals surface area (Å²) in [6.07, 6.45) is 1.41. The molecule has 0 saturated carbocycles. The molecule has 0 bridgehead atoms. The van der Waals surface area contributed by atoms with Gasteiger partial charge in [-0.3, -0.25) is 0 Å². The lowest BCUT2D eigenvalue weighted by atomic mass is 9.84. The van der Waals surface area contributed by atoms with Crippen LogP contribution < -0.4 is 5.73 Å². The number of β-amino-alcohol motifs (C(OH)–C–C–N with tert-alkyl or cyclic N) is 1. The van der Waals surface area contributed by atoms with Crippen molar-refractivity contribution in [3.05, 3.63) is 78.2 Å². The summed E-state index contributed by atoms with van der Waals surface area (Å²) in [5, 5.41) is 10.3. The summed E-state index contributed by atoms with van der Waals surface area (Å²) in [5.74, 6) is 0.690. The molecular weight excluding hydrogens is 481 g/mol. The van der Waals surface area contributed by atoms with E-state index in [2.05, 4.69) is 16.7 Å². The Labute approximate surface area is 225 Å². The van der Waals surface area contributed by atoms with Crippen LogP contribution in [0.1, 0.15) is 51.0 Å². The molecule has 0 aliphatic carbocycles. The molecule has 1 saturated heterocycles. The van der Waals surface area contributed by atoms with Crippen molar-refractivity contribution in [1.82, 2.24) is 19.4 Å². The molecule has 1 aliphatic heterocycles. The first-order valence-corrected chi connectivity index (χ1v) is 13.4. The van der Waals surface area contributed by atoms with Gasteiger partial charge in [0, 0.05) is 37.9 Å². The molecule has 1 aromatic heterocycles. The number of hydrogen-bond acceptors (Lipinski definition) is 4. The van der Waals surface area contributed by atoms with Gasteiger partial charge in [0.1, 0.15) is 12.0 Å². The number of urea groups is 1. The highest BCUT2D eigenvalue weighted by Crippen LogP contribution is 2.40. The quantitative estimate of drug-likeness (QED) is 0.443. The number of piperidine rings is 1. The number of aliphatic hydroxyl groups is 1. The van der Waals surface area contributed by atoms with Gasteiger partial charge in [0.05, 0.1) is 24.4 Å². The second-order valence-electron chi connectivity index (χ2n) is 11.2. The average molecular weight is 522 g/mol. The Morgan fingerprint density at radius 3 is 2.42 bits per heavy atom. The van der Waals surface area contributed by atoms with Crippen LogP contribution in [0.3, 0.4) is 0 Å². The minimum absolute atomic E-state index is 0.150. The predicted molar refractivity (Wildman–Crippen MR) is 148 cm³/mol. The molecule has 3 aromatic rings. The van der Waals surface area contributed by atoms with Crippen molar-refractivity contribution in [2.45, 2.75) is 58.5 Å². The highest BCUT2D eigenvalue weighted by Gasteiger charge is 2.41. The fourth-order valence-electron chi connectivity index (χ4n) is 5.19. The molecule has 2 heterocycles. The Balaban J connectivity index is 1.83. The van der Waals surface area contributed by atoms with Crippen LogP contribution in [0, 0.1) is 5.41 Å². The molecule has 1 aliphatic rings. The van der Waals surface area contributed by atoms with Crippen molar-refractivity contribution >= 4 is 6.03 Å². The van der Waals surface area contributed by atoms with E-state index in [4.69, 9.17) is 10.7 Å². The van der Waals surface area contributed by atoms with Crippen molar-refractivity contribution in [2.75, 3.05) is 26.2 Å². The van der Waals surface area contributed by atoms with Gasteiger partial charge in [-0.15, -0.1) is 0 Å². The maximum Gasteiger partial charge on any atom is 0.320 e. The SMILES string of the molecule is CC(C)(C)[C@H](c1nc(-c2ccccc2)cn1Cc1ccccc1)N(C[C@@H](F)CN)C(=O)N1CCC[C@H](O)C1. The number of nitrogens with zero attached hydrogens (tertiary/aromatic N) is 4. The van der Waals surface area contributed by atoms with Crippen LogP contribution >= 0.6 is 0 Å². The summed E-state index contributed by atoms with van der Waals surface area (Å²) < 4.78 is 17.0. The Morgan fingerprint density at radius 2 is 1.82 bits per heavy atom. The zero-order valence-electron chi connectivity index (χ0n) is 22.6. The van der Waals surface area contributed by atoms with Gasteiger partial charge in [0.2, 0.25) is 0 Å². The summed E-state index contributed by atoms with van der Waals surface area (Å²) in [5.41, 5.74) is 8.07. The molecule has 8 heteroatoms. The monoisotopic (exact) mass is 521 g/mol. The Bertz CT molecular complexity index is 1180. The standard InChI is InChI=1S/C30H40FN5O2/c1-30(2,3)27(36(19-24(31)17-32)29(38)34-16-10-15-25(37)20-34)28-33-26(23-13-8-5-9-14-23)21-35(28)18-22-11-6-4-7-12-22/h4-9,11-14,21,24-25,27,37H,10,15-20,32H2,1-3H3/t24-,25-,27-/m0/s1. The van der Waals surface area contributed by atoms with Crippen LogP contribution in [-0.4, -0.2) is 68.9 Å². The van der Waals surface area contributed by atoms with Crippen LogP contribution in [0.4, 0.5) is 9.18 Å². The first-order valence-electron chi connectivity index (χ1n) is 13.4. The van der Waals surface area contributed by atoms with Gasteiger partial charge in [0.15, 0.2) is 0 Å². The van der Waals surface area contributed by atoms with Gasteiger partial charge in [-0.25, -0.2) is 14.2 Å². The van der Waals surface area contributed by atoms with E-state index >= 15 is 0 Å². The molecule has 4 rings (SSSR count). The van der Waals surface area contributed by atoms with E-state index in [-0.39, 0.29) is 25.7 Å². The van der Waals surface area contributed by atoms with Gasteiger partial charge >= 0.3 is 6.03 Å². The van der Waals surface area contributed by atoms with Crippen LogP contribution in [0.5, 0.6) is 0 Å². The smallest absolute Gasteiger partial charge is 0.320 e. The first-order chi connectivity index (χ1) is 18.2. The zero-order valence-corrected chi connectivity index (χ0v) is 22.6. The molecule has 1 fully saturated rings. The van der Waals surface area contributed by atoms with Crippen molar-refractivity contribution < 1.29 is 14.3 Å². The molecule has 204 valence electrons. The average Bonchev–Trinajstić information content (AvgIpc) is 3.31. The van der Waals surface area contributed by atoms with Gasteiger partial charge in [0.25, 0.3) is 0 Å². The van der Waals surface area contributed by atoms with E-state index in [1.54, 1.807) is 9.80 Å². The third-order valence-corrected chi connectivity index (χ3v) is 7.01. The minimum atomic E-state index is -1.38. The molecular formula is C30H40FN5O2. The number of carbonyl (C=O) groups excluding carboxylic acids is 1. The number of aromatic nitrogens is 2. The van der Waals surface area contributed by atoms with Gasteiger partial charge in [-0.1, -0.05) is 81.4 Å². The first kappa shape index (κ1) is 27.8. The minimum Gasteiger partial charge on any atom is -0.391 e. The largest absolute Gasteiger partial charge is 0.391 e. The number of amides is 2. The number of likely N-dealkylation sites (tertiary alicyclic amines) is 1. The Hall–Kier alpha value is -3.23. The van der Waals surface area contributed by atoms with Crippen LogP contribution in [0.15, 0.2) is 66.9 Å². The molecule has 0 radical (unpaired) electrons. The lowest BCUT2D eigenvalue weighted by Crippen LogP contribution is -2.54. The zero-order chi connectivity index (χ0) is 27.3. The number of carbonyl (C=O) groups is 1. The number of aliphatic hydroxyl groups excluding tert-OH is 1. The number of rotatable bonds is 8. The van der Waals surface area contributed by atoms with Crippen molar-refractivity contribution in [3.63, 3.8) is 0 Å². The van der Waals surface area contributed by atoms with E-state index in [0.717, 1.165) is 16.8 Å². The molecule has 38 heavy (non-hydrogen) atoms. The summed E-state index contributed by atoms with van der Waals surface area (Å²) in [6, 6.07) is 19.2. The number of hydrogen-bond donors (Lipinski definition) is 2. The third kappa shape index (κ3) is 6.60. The van der Waals surface area contributed by atoms with Gasteiger partial charge < -0.3 is 25.2 Å². The molecule has 3 N–H and O–H groups in total. The number of halogens is 1. The maximum atomic E-state index is 15.0. The number of benzene rings is 2. The van der Waals surface area contributed by atoms with Crippen molar-refractivity contribution in [1.29, 1.82) is 0 Å². The second kappa shape index (κ2) is 12.1. The van der Waals surface area contributed by atoms with E-state index in [1.165, 1.54) is 0 Å². The summed E-state index contributed by atoms with van der Waals surface area (Å²) in [4.78, 5) is 22.3. The van der Waals surface area contributed by atoms with E-state index in [1.807, 2.05) is 75.5 Å². The molecule has 2 amide bonds. The van der Waals surface area contributed by atoms with Crippen molar-refractivity contribution in [3.8, 4) is 11.3 Å². The lowest BCUT2D eigenvalue weighted by Gasteiger charge is -2.43. The van der Waals surface area contributed by atoms with E-state index in [0.29, 0.717) is 31.8 Å². The van der Waals surface area contributed by atoms with E-state index in [9.17, 15) is 14.3 Å².